The summed E-state index contributed by atoms with van der Waals surface area (Å²) in [6.45, 7) is 1.93. The molecule has 0 amide bonds. The van der Waals surface area contributed by atoms with Crippen LogP contribution in [0.4, 0.5) is 13.2 Å². The van der Waals surface area contributed by atoms with Crippen LogP contribution in [0, 0.1) is 6.92 Å². The maximum atomic E-state index is 12.6. The van der Waals surface area contributed by atoms with E-state index in [4.69, 9.17) is 10.2 Å². The van der Waals surface area contributed by atoms with E-state index < -0.39 is 17.8 Å². The molecule has 7 heteroatoms. The van der Waals surface area contributed by atoms with Gasteiger partial charge in [0.25, 0.3) is 0 Å². The lowest BCUT2D eigenvalue weighted by molar-refractivity contribution is -0.137. The lowest BCUT2D eigenvalue weighted by Crippen LogP contribution is -2.06. The Morgan fingerprint density at radius 1 is 1.17 bits per heavy atom. The number of benzene rings is 2. The van der Waals surface area contributed by atoms with E-state index in [2.05, 4.69) is 4.98 Å². The second-order valence-corrected chi connectivity index (χ2v) is 5.45. The molecule has 2 aromatic carbocycles. The Hall–Kier alpha value is -2.38. The number of oxazole rings is 1. The zero-order valence-electron chi connectivity index (χ0n) is 12.8. The van der Waals surface area contributed by atoms with Gasteiger partial charge in [-0.15, -0.1) is 0 Å². The molecule has 1 heterocycles. The molecule has 0 aliphatic carbocycles. The van der Waals surface area contributed by atoms with Gasteiger partial charge in [-0.05, 0) is 17.7 Å². The molecular formula is C17H15F3N2O2. The average molecular weight is 336 g/mol. The Kier molecular flexibility index (Phi) is 4.06. The highest BCUT2D eigenvalue weighted by Gasteiger charge is 2.30. The molecule has 24 heavy (non-hydrogen) atoms. The number of aliphatic hydroxyl groups is 1. The Bertz CT molecular complexity index is 870. The number of aromatic nitrogens is 1. The van der Waals surface area contributed by atoms with Crippen molar-refractivity contribution >= 4 is 11.1 Å². The van der Waals surface area contributed by atoms with E-state index in [1.54, 1.807) is 19.1 Å². The number of halogens is 3. The Morgan fingerprint density at radius 3 is 2.42 bits per heavy atom. The second kappa shape index (κ2) is 5.92. The third kappa shape index (κ3) is 2.88. The largest absolute Gasteiger partial charge is 0.441 e. The molecule has 1 atom stereocenters. The van der Waals surface area contributed by atoms with Crippen LogP contribution in [0.2, 0.25) is 0 Å². The van der Waals surface area contributed by atoms with Crippen molar-refractivity contribution in [3.05, 3.63) is 64.5 Å². The summed E-state index contributed by atoms with van der Waals surface area (Å²) in [6, 6.07) is 7.77. The average Bonchev–Trinajstić information content (AvgIpc) is 2.94. The summed E-state index contributed by atoms with van der Waals surface area (Å²) in [4.78, 5) is 4.26. The van der Waals surface area contributed by atoms with Gasteiger partial charge in [0, 0.05) is 24.6 Å². The van der Waals surface area contributed by atoms with Crippen molar-refractivity contribution in [2.24, 2.45) is 5.73 Å². The number of hydrogen-bond donors (Lipinski definition) is 2. The van der Waals surface area contributed by atoms with Crippen molar-refractivity contribution in [1.82, 2.24) is 4.98 Å². The van der Waals surface area contributed by atoms with Crippen LogP contribution in [-0.4, -0.2) is 10.1 Å². The Labute approximate surface area is 135 Å². The number of hydrogen-bond acceptors (Lipinski definition) is 4. The molecule has 0 bridgehead atoms. The topological polar surface area (TPSA) is 72.3 Å². The molecule has 0 aliphatic rings. The number of rotatable bonds is 3. The van der Waals surface area contributed by atoms with Crippen LogP contribution in [0.1, 0.15) is 34.2 Å². The van der Waals surface area contributed by atoms with Crippen molar-refractivity contribution in [3.8, 4) is 0 Å². The van der Waals surface area contributed by atoms with Crippen LogP contribution < -0.4 is 5.73 Å². The first kappa shape index (κ1) is 16.5. The number of alkyl halides is 3. The van der Waals surface area contributed by atoms with Gasteiger partial charge in [-0.3, -0.25) is 0 Å². The molecule has 1 unspecified atom stereocenters. The predicted molar refractivity (Wildman–Crippen MR) is 82.1 cm³/mol. The van der Waals surface area contributed by atoms with Gasteiger partial charge in [0.2, 0.25) is 0 Å². The van der Waals surface area contributed by atoms with Crippen molar-refractivity contribution in [2.75, 3.05) is 0 Å². The molecule has 3 rings (SSSR count). The van der Waals surface area contributed by atoms with E-state index >= 15 is 0 Å². The molecule has 0 radical (unpaired) electrons. The van der Waals surface area contributed by atoms with Crippen LogP contribution in [0.15, 0.2) is 40.8 Å². The first-order valence-electron chi connectivity index (χ1n) is 7.25. The van der Waals surface area contributed by atoms with Gasteiger partial charge in [-0.2, -0.15) is 13.2 Å². The minimum atomic E-state index is -4.41. The number of nitrogens with zero attached hydrogens (tertiary/aromatic N) is 1. The summed E-state index contributed by atoms with van der Waals surface area (Å²) in [5.74, 6) is 0.423. The summed E-state index contributed by atoms with van der Waals surface area (Å²) in [5, 5.41) is 10.6. The number of fused-ring (bicyclic) bond motifs is 1. The third-order valence-corrected chi connectivity index (χ3v) is 3.83. The van der Waals surface area contributed by atoms with Gasteiger partial charge in [-0.25, -0.2) is 4.98 Å². The van der Waals surface area contributed by atoms with Gasteiger partial charge in [-0.1, -0.05) is 24.3 Å². The number of aliphatic hydroxyl groups excluding tert-OH is 1. The molecule has 126 valence electrons. The molecule has 4 nitrogen and oxygen atoms in total. The minimum absolute atomic E-state index is 0.252. The number of aryl methyl sites for hydroxylation is 1. The highest BCUT2D eigenvalue weighted by atomic mass is 19.4. The van der Waals surface area contributed by atoms with Gasteiger partial charge in [0.05, 0.1) is 5.56 Å². The van der Waals surface area contributed by atoms with E-state index in [0.29, 0.717) is 28.1 Å². The normalized spacial score (nSPS) is 13.4. The van der Waals surface area contributed by atoms with Crippen LogP contribution >= 0.6 is 0 Å². The van der Waals surface area contributed by atoms with E-state index in [1.807, 2.05) is 0 Å². The van der Waals surface area contributed by atoms with Crippen LogP contribution in [0.25, 0.3) is 11.1 Å². The lowest BCUT2D eigenvalue weighted by Gasteiger charge is -2.14. The molecule has 3 N–H and O–H groups in total. The fourth-order valence-corrected chi connectivity index (χ4v) is 2.60. The summed E-state index contributed by atoms with van der Waals surface area (Å²) < 4.78 is 43.5. The molecule has 0 saturated heterocycles. The Morgan fingerprint density at radius 2 is 1.83 bits per heavy atom. The molecule has 0 spiro atoms. The first-order chi connectivity index (χ1) is 11.3. The minimum Gasteiger partial charge on any atom is -0.441 e. The summed E-state index contributed by atoms with van der Waals surface area (Å²) in [5.41, 5.74) is 7.38. The fourth-order valence-electron chi connectivity index (χ4n) is 2.60. The van der Waals surface area contributed by atoms with Gasteiger partial charge in [0.1, 0.15) is 11.6 Å². The third-order valence-electron chi connectivity index (χ3n) is 3.83. The van der Waals surface area contributed by atoms with Crippen molar-refractivity contribution in [3.63, 3.8) is 0 Å². The van der Waals surface area contributed by atoms with Crippen LogP contribution in [0.5, 0.6) is 0 Å². The Balaban J connectivity index is 2.04. The van der Waals surface area contributed by atoms with E-state index in [-0.39, 0.29) is 6.54 Å². The number of nitrogens with two attached hydrogens (primary N) is 1. The van der Waals surface area contributed by atoms with Gasteiger partial charge in [0.15, 0.2) is 11.5 Å². The smallest absolute Gasteiger partial charge is 0.416 e. The highest BCUT2D eigenvalue weighted by Crippen LogP contribution is 2.33. The quantitative estimate of drug-likeness (QED) is 0.765. The highest BCUT2D eigenvalue weighted by molar-refractivity contribution is 5.81. The fraction of sp³-hybridized carbons (Fsp3) is 0.235. The standard InChI is InChI=1S/C17H15F3N2O2/c1-9-22-14-13(7-4-11(8-21)16(14)24-9)15(23)10-2-5-12(6-3-10)17(18,19)20/h2-7,15,23H,8,21H2,1H3. The summed E-state index contributed by atoms with van der Waals surface area (Å²) in [6.07, 6.45) is -5.53. The molecule has 3 aromatic rings. The summed E-state index contributed by atoms with van der Waals surface area (Å²) in [7, 11) is 0. The monoisotopic (exact) mass is 336 g/mol. The van der Waals surface area contributed by atoms with Gasteiger partial charge < -0.3 is 15.3 Å². The van der Waals surface area contributed by atoms with Gasteiger partial charge >= 0.3 is 6.18 Å². The van der Waals surface area contributed by atoms with E-state index in [0.717, 1.165) is 17.7 Å². The van der Waals surface area contributed by atoms with E-state index in [9.17, 15) is 18.3 Å². The second-order valence-electron chi connectivity index (χ2n) is 5.45. The first-order valence-corrected chi connectivity index (χ1v) is 7.25. The predicted octanol–water partition coefficient (Wildman–Crippen LogP) is 3.70. The molecule has 0 aliphatic heterocycles. The zero-order chi connectivity index (χ0) is 17.5. The SMILES string of the molecule is Cc1nc2c(C(O)c3ccc(C(F)(F)F)cc3)ccc(CN)c2o1. The molecule has 1 aromatic heterocycles. The maximum Gasteiger partial charge on any atom is 0.416 e. The zero-order valence-corrected chi connectivity index (χ0v) is 12.8. The van der Waals surface area contributed by atoms with E-state index in [1.165, 1.54) is 12.1 Å². The van der Waals surface area contributed by atoms with Crippen molar-refractivity contribution in [2.45, 2.75) is 25.7 Å². The summed E-state index contributed by atoms with van der Waals surface area (Å²) >= 11 is 0. The van der Waals surface area contributed by atoms with Crippen molar-refractivity contribution < 1.29 is 22.7 Å². The molecular weight excluding hydrogens is 321 g/mol. The molecule has 0 saturated carbocycles. The van der Waals surface area contributed by atoms with Crippen molar-refractivity contribution in [1.29, 1.82) is 0 Å². The maximum absolute atomic E-state index is 12.6. The van der Waals surface area contributed by atoms with Crippen LogP contribution in [0.3, 0.4) is 0 Å². The van der Waals surface area contributed by atoms with Crippen LogP contribution in [-0.2, 0) is 12.7 Å². The molecule has 0 fully saturated rings. The lowest BCUT2D eigenvalue weighted by atomic mass is 9.98.